The monoisotopic (exact) mass is 628 g/mol. The Kier molecular flexibility index (Phi) is 10.9. The zero-order valence-corrected chi connectivity index (χ0v) is 24.1. The predicted octanol–water partition coefficient (Wildman–Crippen LogP) is 0.602. The molecule has 0 radical (unpaired) electrons. The zero-order valence-electron chi connectivity index (χ0n) is 24.1. The third-order valence-corrected chi connectivity index (χ3v) is 7.10. The molecule has 44 heavy (non-hydrogen) atoms. The highest BCUT2D eigenvalue weighted by molar-refractivity contribution is 5.70. The fourth-order valence-corrected chi connectivity index (χ4v) is 5.16. The van der Waals surface area contributed by atoms with Gasteiger partial charge in [-0.3, -0.25) is 4.90 Å². The number of benzene rings is 2. The van der Waals surface area contributed by atoms with E-state index in [0.717, 1.165) is 42.8 Å². The summed E-state index contributed by atoms with van der Waals surface area (Å²) in [5, 5.41) is 8.78. The lowest BCUT2D eigenvalue weighted by Crippen LogP contribution is -3.10. The van der Waals surface area contributed by atoms with Crippen molar-refractivity contribution in [2.75, 3.05) is 90.9 Å². The van der Waals surface area contributed by atoms with Crippen molar-refractivity contribution in [1.29, 1.82) is 0 Å². The lowest BCUT2D eigenvalue weighted by atomic mass is 10.0. The number of carbonyl (C=O) groups is 1. The molecular weight excluding hydrogens is 593 g/mol. The van der Waals surface area contributed by atoms with E-state index in [-0.39, 0.29) is 0 Å². The minimum absolute atomic E-state index is 0.429. The van der Waals surface area contributed by atoms with E-state index in [2.05, 4.69) is 29.2 Å². The van der Waals surface area contributed by atoms with E-state index in [1.807, 2.05) is 0 Å². The van der Waals surface area contributed by atoms with Crippen LogP contribution >= 0.6 is 0 Å². The van der Waals surface area contributed by atoms with Gasteiger partial charge in [-0.15, -0.1) is 0 Å². The molecule has 1 N–H and O–H groups in total. The highest BCUT2D eigenvalue weighted by Crippen LogP contribution is 2.41. The van der Waals surface area contributed by atoms with Crippen molar-refractivity contribution in [3.8, 4) is 23.0 Å². The largest absolute Gasteiger partial charge is 0.542 e. The molecule has 2 aromatic rings. The Balaban J connectivity index is 0.000000493. The number of rotatable bonds is 0. The van der Waals surface area contributed by atoms with Crippen molar-refractivity contribution in [2.24, 2.45) is 0 Å². The Bertz CT molecular complexity index is 1200. The fourth-order valence-electron chi connectivity index (χ4n) is 5.16. The molecule has 2 aromatic carbocycles. The van der Waals surface area contributed by atoms with Gasteiger partial charge in [0.25, 0.3) is 0 Å². The Labute approximate surface area is 252 Å². The number of ether oxygens (including phenoxy) is 8. The Morgan fingerprint density at radius 1 is 0.659 bits per heavy atom. The number of nitrogens with zero attached hydrogens (tertiary/aromatic N) is 1. The first-order valence-corrected chi connectivity index (χ1v) is 14.3. The number of halogens is 3. The van der Waals surface area contributed by atoms with Crippen LogP contribution in [-0.2, 0) is 36.8 Å². The van der Waals surface area contributed by atoms with Crippen LogP contribution in [0.15, 0.2) is 24.3 Å². The van der Waals surface area contributed by atoms with E-state index in [9.17, 15) is 13.2 Å². The molecule has 4 heterocycles. The molecule has 4 aliphatic rings. The van der Waals surface area contributed by atoms with Crippen molar-refractivity contribution in [3.63, 3.8) is 0 Å². The first-order valence-electron chi connectivity index (χ1n) is 14.3. The van der Waals surface area contributed by atoms with Crippen molar-refractivity contribution in [1.82, 2.24) is 0 Å². The number of carboxylic acids is 1. The Morgan fingerprint density at radius 2 is 1.07 bits per heavy atom. The molecule has 1 atom stereocenters. The average Bonchev–Trinajstić information content (AvgIpc) is 2.98. The van der Waals surface area contributed by atoms with Gasteiger partial charge in [-0.1, -0.05) is 0 Å². The maximum absolute atomic E-state index is 10.5. The highest BCUT2D eigenvalue weighted by Gasteiger charge is 2.36. The number of fused-ring (bicyclic) bond motifs is 6. The lowest BCUT2D eigenvalue weighted by molar-refractivity contribution is -0.851. The number of hydrogen-bond acceptors (Lipinski definition) is 11. The molecule has 15 heteroatoms. The quantitative estimate of drug-likeness (QED) is 0.442. The molecular formula is C29H35F3N2O10. The summed E-state index contributed by atoms with van der Waals surface area (Å²) in [5.74, 6) is -0.0941. The number of aliphatic carboxylic acids is 1. The molecule has 0 aliphatic carbocycles. The summed E-state index contributed by atoms with van der Waals surface area (Å²) in [6.45, 7) is 8.07. The van der Waals surface area contributed by atoms with Gasteiger partial charge < -0.3 is 52.7 Å². The predicted molar refractivity (Wildman–Crippen MR) is 145 cm³/mol. The minimum Gasteiger partial charge on any atom is -0.542 e. The van der Waals surface area contributed by atoms with E-state index in [1.165, 1.54) is 27.4 Å². The molecule has 242 valence electrons. The van der Waals surface area contributed by atoms with Crippen LogP contribution in [0.25, 0.3) is 0 Å². The molecule has 0 amide bonds. The summed E-state index contributed by atoms with van der Waals surface area (Å²) < 4.78 is 78.9. The molecule has 0 spiro atoms. The van der Waals surface area contributed by atoms with Gasteiger partial charge in [-0.25, -0.2) is 0 Å². The standard InChI is InChI=1S/C27H34N2O8.C2HF3O2/c1-3-32-7-11-36-27-16-23-21-14-25(27)35-10-6-31-2-4-33-8-12-37-26-15-22-20(13-24(26)34-9-5-30-1)17-28(23)19-29(22)18-21;3-2(4,5)1(6)7/h13-16H,1-12,17-19H2;(H,6,7). The van der Waals surface area contributed by atoms with Crippen LogP contribution in [0.4, 0.5) is 24.5 Å². The second-order valence-corrected chi connectivity index (χ2v) is 10.1. The summed E-state index contributed by atoms with van der Waals surface area (Å²) in [7, 11) is 0. The van der Waals surface area contributed by atoms with Crippen LogP contribution in [0, 0.1) is 0 Å². The molecule has 0 saturated carbocycles. The van der Waals surface area contributed by atoms with E-state index in [0.29, 0.717) is 79.3 Å². The average molecular weight is 629 g/mol. The third kappa shape index (κ3) is 8.35. The smallest absolute Gasteiger partial charge is 0.430 e. The zero-order chi connectivity index (χ0) is 30.9. The van der Waals surface area contributed by atoms with E-state index < -0.39 is 12.1 Å². The van der Waals surface area contributed by atoms with E-state index >= 15 is 0 Å². The number of hydrogen-bond donors (Lipinski definition) is 1. The van der Waals surface area contributed by atoms with E-state index in [1.54, 1.807) is 0 Å². The van der Waals surface area contributed by atoms with Crippen LogP contribution in [0.5, 0.6) is 23.0 Å². The van der Waals surface area contributed by atoms with Crippen molar-refractivity contribution >= 4 is 17.3 Å². The maximum atomic E-state index is 10.5. The Morgan fingerprint density at radius 3 is 1.55 bits per heavy atom. The number of carboxylic acid groups (broad SMARTS) is 1. The molecule has 4 aliphatic heterocycles. The van der Waals surface area contributed by atoms with Gasteiger partial charge in [0.15, 0.2) is 29.7 Å². The van der Waals surface area contributed by atoms with Crippen molar-refractivity contribution in [2.45, 2.75) is 19.3 Å². The SMILES string of the molecule is O=C([O-])C(F)(F)F.c1c2c3cc4c1OCCOCCOCCOc1cc5c(cc1OCCOCCOCCO4)CN3C[NH+]5C2. The van der Waals surface area contributed by atoms with Crippen LogP contribution in [0.1, 0.15) is 11.1 Å². The summed E-state index contributed by atoms with van der Waals surface area (Å²) in [4.78, 5) is 12.5. The maximum Gasteiger partial charge on any atom is 0.430 e. The van der Waals surface area contributed by atoms with Gasteiger partial charge in [-0.05, 0) is 12.1 Å². The van der Waals surface area contributed by atoms with Crippen LogP contribution in [-0.4, -0.2) is 98.1 Å². The minimum atomic E-state index is -5.19. The highest BCUT2D eigenvalue weighted by atomic mass is 19.4. The summed E-state index contributed by atoms with van der Waals surface area (Å²) in [5.41, 5.74) is 4.88. The summed E-state index contributed by atoms with van der Waals surface area (Å²) in [6.07, 6.45) is -5.19. The lowest BCUT2D eigenvalue weighted by Gasteiger charge is -2.41. The van der Waals surface area contributed by atoms with Crippen LogP contribution < -0.4 is 33.9 Å². The number of carbonyl (C=O) groups excluding carboxylic acids is 1. The second-order valence-electron chi connectivity index (χ2n) is 10.1. The van der Waals surface area contributed by atoms with Crippen molar-refractivity contribution < 1.29 is 65.9 Å². The second kappa shape index (κ2) is 15.0. The summed E-state index contributed by atoms with van der Waals surface area (Å²) in [6, 6.07) is 8.49. The molecule has 1 unspecified atom stereocenters. The fraction of sp³-hybridized carbons (Fsp3) is 0.552. The molecule has 0 fully saturated rings. The molecule has 0 saturated heterocycles. The van der Waals surface area contributed by atoms with Crippen LogP contribution in [0.2, 0.25) is 0 Å². The van der Waals surface area contributed by atoms with E-state index in [4.69, 9.17) is 47.8 Å². The van der Waals surface area contributed by atoms with Gasteiger partial charge in [0.2, 0.25) is 0 Å². The molecule has 12 nitrogen and oxygen atoms in total. The van der Waals surface area contributed by atoms with Gasteiger partial charge in [0.05, 0.1) is 65.1 Å². The number of nitrogens with one attached hydrogen (secondary N) is 1. The van der Waals surface area contributed by atoms with Crippen LogP contribution in [0.3, 0.4) is 0 Å². The van der Waals surface area contributed by atoms with Gasteiger partial charge in [-0.2, -0.15) is 13.2 Å². The number of anilines is 1. The number of alkyl halides is 3. The third-order valence-electron chi connectivity index (χ3n) is 7.10. The van der Waals surface area contributed by atoms with Gasteiger partial charge in [0, 0.05) is 23.3 Å². The summed E-state index contributed by atoms with van der Waals surface area (Å²) >= 11 is 0. The van der Waals surface area contributed by atoms with Gasteiger partial charge >= 0.3 is 6.18 Å². The topological polar surface area (TPSA) is 122 Å². The molecule has 10 bridgehead atoms. The molecule has 6 rings (SSSR count). The molecule has 0 aromatic heterocycles. The number of quaternary nitrogens is 1. The van der Waals surface area contributed by atoms with Gasteiger partial charge in [0.1, 0.15) is 44.6 Å². The van der Waals surface area contributed by atoms with Crippen molar-refractivity contribution in [3.05, 3.63) is 35.4 Å². The first-order chi connectivity index (χ1) is 21.3. The normalized spacial score (nSPS) is 20.9. The first kappa shape index (κ1) is 31.9. The Hall–Kier alpha value is -3.50.